The van der Waals surface area contributed by atoms with Gasteiger partial charge in [0.15, 0.2) is 11.7 Å². The smallest absolute Gasteiger partial charge is 0.337 e. The van der Waals surface area contributed by atoms with E-state index in [1.54, 1.807) is 12.1 Å². The lowest BCUT2D eigenvalue weighted by Gasteiger charge is -2.40. The second kappa shape index (κ2) is 8.40. The van der Waals surface area contributed by atoms with Gasteiger partial charge in [0.1, 0.15) is 11.8 Å². The Morgan fingerprint density at radius 2 is 2.00 bits per heavy atom. The van der Waals surface area contributed by atoms with Crippen molar-refractivity contribution in [1.82, 2.24) is 10.2 Å². The van der Waals surface area contributed by atoms with Crippen molar-refractivity contribution in [3.63, 3.8) is 0 Å². The number of nitriles is 1. The highest BCUT2D eigenvalue weighted by molar-refractivity contribution is 7.80. The fourth-order valence-corrected chi connectivity index (χ4v) is 4.26. The predicted molar refractivity (Wildman–Crippen MR) is 105 cm³/mol. The molecule has 0 unspecified atom stereocenters. The Bertz CT molecular complexity index is 792. The van der Waals surface area contributed by atoms with Gasteiger partial charge in [0, 0.05) is 11.7 Å². The molecular formula is C20H23N3O3S. The number of benzene rings is 1. The molecule has 0 spiro atoms. The molecule has 1 aliphatic heterocycles. The highest BCUT2D eigenvalue weighted by atomic mass is 32.1. The normalized spacial score (nSPS) is 20.3. The van der Waals surface area contributed by atoms with Gasteiger partial charge in [0.25, 0.3) is 0 Å². The predicted octanol–water partition coefficient (Wildman–Crippen LogP) is 3.21. The van der Waals surface area contributed by atoms with Crippen LogP contribution >= 0.6 is 12.2 Å². The second-order valence-electron chi connectivity index (χ2n) is 6.70. The molecule has 142 valence electrons. The van der Waals surface area contributed by atoms with Crippen molar-refractivity contribution in [3.05, 3.63) is 41.1 Å². The molecule has 0 saturated heterocycles. The molecule has 1 saturated carbocycles. The maximum Gasteiger partial charge on any atom is 0.337 e. The summed E-state index contributed by atoms with van der Waals surface area (Å²) in [5.41, 5.74) is 2.31. The highest BCUT2D eigenvalue weighted by Gasteiger charge is 2.37. The lowest BCUT2D eigenvalue weighted by atomic mass is 9.94. The lowest BCUT2D eigenvalue weighted by molar-refractivity contribution is -0.136. The Morgan fingerprint density at radius 3 is 2.59 bits per heavy atom. The van der Waals surface area contributed by atoms with E-state index < -0.39 is 0 Å². The molecule has 1 heterocycles. The zero-order valence-corrected chi connectivity index (χ0v) is 16.3. The maximum absolute atomic E-state index is 12.6. The molecule has 1 N–H and O–H groups in total. The van der Waals surface area contributed by atoms with Crippen LogP contribution in [0.5, 0.6) is 5.75 Å². The van der Waals surface area contributed by atoms with E-state index in [-0.39, 0.29) is 18.6 Å². The first-order chi connectivity index (χ1) is 13.1. The lowest BCUT2D eigenvalue weighted by Crippen LogP contribution is -2.51. The first kappa shape index (κ1) is 19.2. The van der Waals surface area contributed by atoms with Gasteiger partial charge in [0.2, 0.25) is 0 Å². The Hall–Kier alpha value is -2.59. The van der Waals surface area contributed by atoms with Gasteiger partial charge in [-0.3, -0.25) is 0 Å². The molecule has 0 amide bonds. The van der Waals surface area contributed by atoms with E-state index in [9.17, 15) is 4.79 Å². The van der Waals surface area contributed by atoms with Crippen LogP contribution in [0, 0.1) is 11.3 Å². The summed E-state index contributed by atoms with van der Waals surface area (Å²) in [6.45, 7) is 1.93. The van der Waals surface area contributed by atoms with E-state index in [4.69, 9.17) is 27.0 Å². The van der Waals surface area contributed by atoms with Crippen LogP contribution < -0.4 is 10.1 Å². The molecule has 2 aliphatic rings. The van der Waals surface area contributed by atoms with Crippen molar-refractivity contribution in [2.24, 2.45) is 0 Å². The summed E-state index contributed by atoms with van der Waals surface area (Å²) in [5, 5.41) is 12.6. The van der Waals surface area contributed by atoms with Gasteiger partial charge >= 0.3 is 5.97 Å². The molecule has 3 rings (SSSR count). The summed E-state index contributed by atoms with van der Waals surface area (Å²) < 4.78 is 10.4. The minimum atomic E-state index is -0.382. The fourth-order valence-electron chi connectivity index (χ4n) is 3.86. The molecule has 1 aliphatic carbocycles. The minimum Gasteiger partial charge on any atom is -0.479 e. The summed E-state index contributed by atoms with van der Waals surface area (Å²) >= 11 is 5.64. The van der Waals surface area contributed by atoms with Crippen LogP contribution in [0.2, 0.25) is 0 Å². The third-order valence-corrected chi connectivity index (χ3v) is 5.45. The largest absolute Gasteiger partial charge is 0.479 e. The van der Waals surface area contributed by atoms with E-state index >= 15 is 0 Å². The van der Waals surface area contributed by atoms with E-state index in [2.05, 4.69) is 10.2 Å². The molecule has 27 heavy (non-hydrogen) atoms. The van der Waals surface area contributed by atoms with Crippen LogP contribution in [0.25, 0.3) is 0 Å². The van der Waals surface area contributed by atoms with Crippen molar-refractivity contribution in [2.75, 3.05) is 13.7 Å². The molecular weight excluding hydrogens is 362 g/mol. The summed E-state index contributed by atoms with van der Waals surface area (Å²) in [5.74, 6) is 0.242. The van der Waals surface area contributed by atoms with Gasteiger partial charge < -0.3 is 19.7 Å². The number of ether oxygens (including phenoxy) is 2. The number of hydrogen-bond donors (Lipinski definition) is 1. The third-order valence-electron chi connectivity index (χ3n) is 5.14. The van der Waals surface area contributed by atoms with Crippen LogP contribution in [0.3, 0.4) is 0 Å². The Morgan fingerprint density at radius 1 is 1.33 bits per heavy atom. The number of nitrogens with one attached hydrogen (secondary N) is 1. The number of methoxy groups -OCH3 is 1. The van der Waals surface area contributed by atoms with Crippen molar-refractivity contribution in [2.45, 2.75) is 44.7 Å². The molecule has 6 nitrogen and oxygen atoms in total. The molecule has 7 heteroatoms. The summed E-state index contributed by atoms with van der Waals surface area (Å²) in [4.78, 5) is 14.7. The Labute approximate surface area is 164 Å². The summed E-state index contributed by atoms with van der Waals surface area (Å²) in [6, 6.07) is 9.19. The average Bonchev–Trinajstić information content (AvgIpc) is 3.20. The van der Waals surface area contributed by atoms with Gasteiger partial charge in [-0.2, -0.15) is 5.26 Å². The maximum atomic E-state index is 12.6. The average molecular weight is 385 g/mol. The number of hydrogen-bond acceptors (Lipinski definition) is 5. The molecule has 1 aromatic rings. The van der Waals surface area contributed by atoms with Crippen LogP contribution in [-0.2, 0) is 9.53 Å². The molecule has 0 aromatic heterocycles. The Balaban J connectivity index is 1.95. The Kier molecular flexibility index (Phi) is 5.97. The molecule has 0 bridgehead atoms. The number of thiocarbonyl (C=S) groups is 1. The van der Waals surface area contributed by atoms with Crippen LogP contribution in [0.4, 0.5) is 0 Å². The topological polar surface area (TPSA) is 74.6 Å². The van der Waals surface area contributed by atoms with Gasteiger partial charge in [-0.25, -0.2) is 4.79 Å². The number of esters is 1. The third kappa shape index (κ3) is 3.91. The van der Waals surface area contributed by atoms with Gasteiger partial charge in [0.05, 0.1) is 18.7 Å². The van der Waals surface area contributed by atoms with Gasteiger partial charge in [-0.05, 0) is 49.7 Å². The monoisotopic (exact) mass is 385 g/mol. The van der Waals surface area contributed by atoms with Crippen molar-refractivity contribution < 1.29 is 14.3 Å². The first-order valence-corrected chi connectivity index (χ1v) is 9.46. The molecule has 1 aromatic carbocycles. The quantitative estimate of drug-likeness (QED) is 0.616. The first-order valence-electron chi connectivity index (χ1n) is 9.05. The van der Waals surface area contributed by atoms with Crippen LogP contribution in [0.15, 0.2) is 35.5 Å². The van der Waals surface area contributed by atoms with Crippen molar-refractivity contribution in [1.29, 1.82) is 5.26 Å². The molecule has 1 atom stereocenters. The number of carbonyl (C=O) groups is 1. The fraction of sp³-hybridized carbons (Fsp3) is 0.450. The van der Waals surface area contributed by atoms with Crippen molar-refractivity contribution in [3.8, 4) is 11.8 Å². The SMILES string of the molecule is COC(=O)C1=C(C)N(C2CCCC2)C(=S)N[C@@H]1c1ccc(OCC#N)cc1. The van der Waals surface area contributed by atoms with E-state index in [1.165, 1.54) is 20.0 Å². The zero-order chi connectivity index (χ0) is 19.4. The summed E-state index contributed by atoms with van der Waals surface area (Å²) in [6.07, 6.45) is 4.50. The number of carbonyl (C=O) groups excluding carboxylic acids is 1. The number of rotatable bonds is 5. The minimum absolute atomic E-state index is 0.00607. The second-order valence-corrected chi connectivity index (χ2v) is 7.08. The zero-order valence-electron chi connectivity index (χ0n) is 15.5. The standard InChI is InChI=1S/C20H23N3O3S/c1-13-17(19(24)25-2)18(14-7-9-16(10-8-14)26-12-11-21)22-20(27)23(13)15-5-3-4-6-15/h7-10,15,18H,3-6,12H2,1-2H3,(H,22,27)/t18-/m1/s1. The number of nitrogens with zero attached hydrogens (tertiary/aromatic N) is 2. The van der Waals surface area contributed by atoms with Crippen LogP contribution in [0.1, 0.15) is 44.2 Å². The molecule has 1 fully saturated rings. The highest BCUT2D eigenvalue weighted by Crippen LogP contribution is 2.36. The number of allylic oxidation sites excluding steroid dienone is 1. The van der Waals surface area contributed by atoms with Gasteiger partial charge in [-0.1, -0.05) is 25.0 Å². The van der Waals surface area contributed by atoms with Gasteiger partial charge in [-0.15, -0.1) is 0 Å². The van der Waals surface area contributed by atoms with Crippen molar-refractivity contribution >= 4 is 23.3 Å². The van der Waals surface area contributed by atoms with Crippen LogP contribution in [-0.4, -0.2) is 35.7 Å². The van der Waals surface area contributed by atoms with E-state index in [0.717, 1.165) is 24.1 Å². The van der Waals surface area contributed by atoms with E-state index in [1.807, 2.05) is 25.1 Å². The summed E-state index contributed by atoms with van der Waals surface area (Å²) in [7, 11) is 1.39. The van der Waals surface area contributed by atoms with E-state index in [0.29, 0.717) is 22.5 Å². The molecule has 0 radical (unpaired) electrons.